The van der Waals surface area contributed by atoms with Gasteiger partial charge in [0.1, 0.15) is 0 Å². The van der Waals surface area contributed by atoms with Gasteiger partial charge in [-0.25, -0.2) is 0 Å². The zero-order chi connectivity index (χ0) is 26.8. The van der Waals surface area contributed by atoms with Crippen molar-refractivity contribution in [1.82, 2.24) is 25.9 Å². The van der Waals surface area contributed by atoms with Gasteiger partial charge >= 0.3 is 0 Å². The van der Waals surface area contributed by atoms with E-state index in [0.717, 1.165) is 22.4 Å². The predicted octanol–water partition coefficient (Wildman–Crippen LogP) is 1.76. The minimum Gasteiger partial charge on any atom is -0.483 e. The summed E-state index contributed by atoms with van der Waals surface area (Å²) < 4.78 is 6.61. The number of ether oxygens (including phenoxy) is 1. The third-order valence-electron chi connectivity index (χ3n) is 5.58. The van der Waals surface area contributed by atoms with Crippen molar-refractivity contribution in [3.63, 3.8) is 0 Å². The molecule has 2 aromatic carbocycles. The van der Waals surface area contributed by atoms with Gasteiger partial charge in [-0.05, 0) is 42.7 Å². The SMILES string of the molecule is CC(NC(=O)c1ccccc1CCC(=O)NNC(=O)C1CO1)c1cccc(-c2ccn(C)n2)c1.O=CO. The van der Waals surface area contributed by atoms with Gasteiger partial charge in [0.15, 0.2) is 6.10 Å². The fourth-order valence-corrected chi connectivity index (χ4v) is 3.58. The van der Waals surface area contributed by atoms with Gasteiger partial charge in [0.25, 0.3) is 18.3 Å². The first-order valence-corrected chi connectivity index (χ1v) is 11.6. The molecule has 1 aliphatic rings. The molecule has 0 radical (unpaired) electrons. The molecular weight excluding hydrogens is 478 g/mol. The average molecular weight is 508 g/mol. The Morgan fingerprint density at radius 3 is 2.57 bits per heavy atom. The van der Waals surface area contributed by atoms with E-state index >= 15 is 0 Å². The first-order valence-electron chi connectivity index (χ1n) is 11.6. The van der Waals surface area contributed by atoms with Crippen LogP contribution in [-0.2, 0) is 32.6 Å². The quantitative estimate of drug-likeness (QED) is 0.206. The monoisotopic (exact) mass is 507 g/mol. The lowest BCUT2D eigenvalue weighted by molar-refractivity contribution is -0.129. The van der Waals surface area contributed by atoms with Crippen molar-refractivity contribution < 1.29 is 29.0 Å². The zero-order valence-electron chi connectivity index (χ0n) is 20.5. The number of benzene rings is 2. The van der Waals surface area contributed by atoms with Gasteiger partial charge in [-0.3, -0.25) is 34.7 Å². The lowest BCUT2D eigenvalue weighted by atomic mass is 10.0. The minimum absolute atomic E-state index is 0.123. The van der Waals surface area contributed by atoms with Gasteiger partial charge in [0, 0.05) is 30.8 Å². The van der Waals surface area contributed by atoms with E-state index in [2.05, 4.69) is 21.3 Å². The van der Waals surface area contributed by atoms with Crippen molar-refractivity contribution in [2.45, 2.75) is 31.9 Å². The second-order valence-electron chi connectivity index (χ2n) is 8.32. The lowest BCUT2D eigenvalue weighted by Gasteiger charge is -2.17. The van der Waals surface area contributed by atoms with Gasteiger partial charge < -0.3 is 15.2 Å². The Morgan fingerprint density at radius 1 is 1.16 bits per heavy atom. The molecule has 2 heterocycles. The number of epoxide rings is 1. The number of aryl methyl sites for hydroxylation is 2. The average Bonchev–Trinajstić information content (AvgIpc) is 3.66. The Kier molecular flexibility index (Phi) is 9.50. The van der Waals surface area contributed by atoms with Gasteiger partial charge in [-0.1, -0.05) is 36.4 Å². The molecule has 2 atom stereocenters. The predicted molar refractivity (Wildman–Crippen MR) is 134 cm³/mol. The van der Waals surface area contributed by atoms with Crippen molar-refractivity contribution in [1.29, 1.82) is 0 Å². The summed E-state index contributed by atoms with van der Waals surface area (Å²) >= 11 is 0. The molecule has 0 bridgehead atoms. The molecule has 194 valence electrons. The van der Waals surface area contributed by atoms with E-state index in [1.54, 1.807) is 16.8 Å². The molecule has 3 aromatic rings. The van der Waals surface area contributed by atoms with E-state index in [0.29, 0.717) is 18.6 Å². The van der Waals surface area contributed by atoms with Crippen LogP contribution in [0, 0.1) is 0 Å². The molecule has 1 fully saturated rings. The summed E-state index contributed by atoms with van der Waals surface area (Å²) in [5, 5.41) is 14.4. The molecule has 0 spiro atoms. The van der Waals surface area contributed by atoms with Crippen LogP contribution in [0.2, 0.25) is 0 Å². The molecule has 3 amide bonds. The Morgan fingerprint density at radius 2 is 1.89 bits per heavy atom. The number of amides is 3. The van der Waals surface area contributed by atoms with Crippen molar-refractivity contribution in [2.75, 3.05) is 6.61 Å². The number of nitrogens with one attached hydrogen (secondary N) is 3. The number of aromatic nitrogens is 2. The minimum atomic E-state index is -0.476. The van der Waals surface area contributed by atoms with E-state index in [9.17, 15) is 14.4 Å². The van der Waals surface area contributed by atoms with Crippen molar-refractivity contribution >= 4 is 24.2 Å². The maximum absolute atomic E-state index is 13.1. The molecule has 11 heteroatoms. The van der Waals surface area contributed by atoms with E-state index in [-0.39, 0.29) is 36.7 Å². The number of hydrazine groups is 1. The smallest absolute Gasteiger partial charge is 0.290 e. The highest BCUT2D eigenvalue weighted by molar-refractivity contribution is 5.96. The first-order chi connectivity index (χ1) is 17.8. The highest BCUT2D eigenvalue weighted by Gasteiger charge is 2.31. The highest BCUT2D eigenvalue weighted by Crippen LogP contribution is 2.22. The molecule has 37 heavy (non-hydrogen) atoms. The fraction of sp³-hybridized carbons (Fsp3) is 0.269. The number of nitrogens with zero attached hydrogens (tertiary/aromatic N) is 2. The topological polar surface area (TPSA) is 155 Å². The van der Waals surface area contributed by atoms with E-state index in [1.165, 1.54) is 0 Å². The Balaban J connectivity index is 0.00000121. The highest BCUT2D eigenvalue weighted by atomic mass is 16.6. The molecule has 0 aliphatic carbocycles. The standard InChI is InChI=1S/C25H27N5O4.CH2O2/c1-16(18-7-5-8-19(14-18)21-12-13-30(2)29-21)26-24(32)20-9-4-3-6-17(20)10-11-23(31)27-28-25(33)22-15-34-22;2-1-3/h3-9,12-14,16,22H,10-11,15H2,1-2H3,(H,26,32)(H,27,31)(H,28,33);1H,(H,2,3). The van der Waals surface area contributed by atoms with E-state index in [1.807, 2.05) is 62.6 Å². The molecule has 1 aliphatic heterocycles. The number of carbonyl (C=O) groups excluding carboxylic acids is 3. The maximum Gasteiger partial charge on any atom is 0.290 e. The van der Waals surface area contributed by atoms with Crippen LogP contribution in [0.15, 0.2) is 60.8 Å². The first kappa shape index (κ1) is 27.1. The van der Waals surface area contributed by atoms with E-state index < -0.39 is 6.10 Å². The zero-order valence-corrected chi connectivity index (χ0v) is 20.5. The number of carboxylic acid groups (broad SMARTS) is 1. The van der Waals surface area contributed by atoms with E-state index in [4.69, 9.17) is 14.6 Å². The van der Waals surface area contributed by atoms with Crippen molar-refractivity contribution in [2.24, 2.45) is 7.05 Å². The number of rotatable bonds is 8. The molecule has 4 rings (SSSR count). The number of carbonyl (C=O) groups is 4. The van der Waals surface area contributed by atoms with Crippen LogP contribution in [0.5, 0.6) is 0 Å². The normalized spacial score (nSPS) is 14.4. The van der Waals surface area contributed by atoms with Crippen molar-refractivity contribution in [3.8, 4) is 11.3 Å². The Labute approximate surface area is 213 Å². The van der Waals surface area contributed by atoms with Gasteiger partial charge in [-0.15, -0.1) is 0 Å². The van der Waals surface area contributed by atoms with Crippen molar-refractivity contribution in [3.05, 3.63) is 77.5 Å². The van der Waals surface area contributed by atoms with Crippen LogP contribution in [0.1, 0.15) is 40.9 Å². The van der Waals surface area contributed by atoms with Gasteiger partial charge in [0.2, 0.25) is 5.91 Å². The Hall–Kier alpha value is -4.51. The molecule has 4 N–H and O–H groups in total. The summed E-state index contributed by atoms with van der Waals surface area (Å²) in [5.41, 5.74) is 8.77. The fourth-order valence-electron chi connectivity index (χ4n) is 3.58. The molecular formula is C26H29N5O6. The van der Waals surface area contributed by atoms with Gasteiger partial charge in [-0.2, -0.15) is 5.10 Å². The molecule has 0 saturated carbocycles. The largest absolute Gasteiger partial charge is 0.483 e. The second kappa shape index (κ2) is 13.0. The molecule has 11 nitrogen and oxygen atoms in total. The molecule has 1 saturated heterocycles. The summed E-state index contributed by atoms with van der Waals surface area (Å²) in [4.78, 5) is 45.0. The summed E-state index contributed by atoms with van der Waals surface area (Å²) in [6.07, 6.45) is 1.89. The van der Waals surface area contributed by atoms with Crippen LogP contribution in [0.25, 0.3) is 11.3 Å². The summed E-state index contributed by atoms with van der Waals surface area (Å²) in [5.74, 6) is -0.927. The maximum atomic E-state index is 13.1. The lowest BCUT2D eigenvalue weighted by Crippen LogP contribution is -2.43. The van der Waals surface area contributed by atoms with Crippen LogP contribution < -0.4 is 16.2 Å². The Bertz CT molecular complexity index is 1250. The van der Waals surface area contributed by atoms with Crippen LogP contribution in [-0.4, -0.2) is 51.8 Å². The number of hydrogen-bond acceptors (Lipinski definition) is 6. The van der Waals surface area contributed by atoms with Crippen LogP contribution in [0.3, 0.4) is 0 Å². The molecule has 2 unspecified atom stereocenters. The van der Waals surface area contributed by atoms with Crippen LogP contribution in [0.4, 0.5) is 0 Å². The number of hydrogen-bond donors (Lipinski definition) is 4. The summed E-state index contributed by atoms with van der Waals surface area (Å²) in [6.45, 7) is 2.05. The summed E-state index contributed by atoms with van der Waals surface area (Å²) in [6, 6.07) is 16.8. The molecule has 1 aromatic heterocycles. The third kappa shape index (κ3) is 8.00. The van der Waals surface area contributed by atoms with Crippen LogP contribution >= 0.6 is 0 Å². The summed E-state index contributed by atoms with van der Waals surface area (Å²) in [7, 11) is 1.87. The second-order valence-corrected chi connectivity index (χ2v) is 8.32. The van der Waals surface area contributed by atoms with Gasteiger partial charge in [0.05, 0.1) is 18.3 Å². The third-order valence-corrected chi connectivity index (χ3v) is 5.58.